The van der Waals surface area contributed by atoms with Crippen LogP contribution in [0.15, 0.2) is 35.7 Å². The number of fused-ring (bicyclic) bond motifs is 4. The highest BCUT2D eigenvalue weighted by molar-refractivity contribution is 6.14. The van der Waals surface area contributed by atoms with Gasteiger partial charge in [0.2, 0.25) is 17.7 Å². The fraction of sp³-hybridized carbons (Fsp3) is 0.316. The Labute approximate surface area is 151 Å². The van der Waals surface area contributed by atoms with E-state index in [0.717, 1.165) is 16.9 Å². The minimum Gasteiger partial charge on any atom is -0.420 e. The fourth-order valence-corrected chi connectivity index (χ4v) is 4.05. The van der Waals surface area contributed by atoms with E-state index in [0.29, 0.717) is 12.1 Å². The molecule has 1 atom stereocenters. The smallest absolute Gasteiger partial charge is 0.247 e. The topological polar surface area (TPSA) is 108 Å². The number of benzene rings is 1. The molecule has 1 aromatic heterocycles. The van der Waals surface area contributed by atoms with Crippen molar-refractivity contribution in [2.75, 3.05) is 11.4 Å². The number of aromatic nitrogens is 2. The number of anilines is 1. The first-order valence-corrected chi connectivity index (χ1v) is 8.56. The molecular weight excluding hydrogens is 330 g/mol. The zero-order valence-electron chi connectivity index (χ0n) is 14.8. The molecule has 7 heteroatoms. The Kier molecular flexibility index (Phi) is 3.34. The minimum atomic E-state index is -1.33. The predicted octanol–water partition coefficient (Wildman–Crippen LogP) is 2.27. The van der Waals surface area contributed by atoms with Crippen molar-refractivity contribution in [2.24, 2.45) is 5.73 Å². The van der Waals surface area contributed by atoms with E-state index < -0.39 is 5.41 Å². The van der Waals surface area contributed by atoms with E-state index in [4.69, 9.17) is 10.5 Å². The number of aromatic amines is 1. The number of carbonyl (C=O) groups is 1. The molecule has 2 aromatic rings. The summed E-state index contributed by atoms with van der Waals surface area (Å²) in [5, 5.41) is 17.1. The Bertz CT molecular complexity index is 998. The Morgan fingerprint density at radius 2 is 2.15 bits per heavy atom. The van der Waals surface area contributed by atoms with Crippen molar-refractivity contribution in [2.45, 2.75) is 32.1 Å². The van der Waals surface area contributed by atoms with Gasteiger partial charge in [0.05, 0.1) is 5.56 Å². The summed E-state index contributed by atoms with van der Waals surface area (Å²) in [6, 6.07) is 9.65. The van der Waals surface area contributed by atoms with Crippen LogP contribution in [0, 0.1) is 11.3 Å². The first kappa shape index (κ1) is 16.2. The minimum absolute atomic E-state index is 0.0571. The lowest BCUT2D eigenvalue weighted by Crippen LogP contribution is -2.46. The van der Waals surface area contributed by atoms with Gasteiger partial charge in [-0.3, -0.25) is 9.89 Å². The molecule has 0 radical (unpaired) electrons. The van der Waals surface area contributed by atoms with Gasteiger partial charge in [-0.25, -0.2) is 0 Å². The molecule has 26 heavy (non-hydrogen) atoms. The molecule has 0 saturated carbocycles. The van der Waals surface area contributed by atoms with Crippen LogP contribution >= 0.6 is 0 Å². The number of hydrogen-bond donors (Lipinski definition) is 2. The maximum atomic E-state index is 13.7. The third kappa shape index (κ3) is 1.71. The third-order valence-corrected chi connectivity index (χ3v) is 5.13. The molecule has 0 unspecified atom stereocenters. The van der Waals surface area contributed by atoms with Crippen LogP contribution in [0.2, 0.25) is 0 Å². The van der Waals surface area contributed by atoms with Crippen LogP contribution in [0.1, 0.15) is 43.5 Å². The van der Waals surface area contributed by atoms with Crippen LogP contribution in [0.5, 0.6) is 5.88 Å². The van der Waals surface area contributed by atoms with Crippen LogP contribution in [-0.4, -0.2) is 22.6 Å². The van der Waals surface area contributed by atoms with Crippen LogP contribution in [0.4, 0.5) is 5.69 Å². The number of nitrogens with one attached hydrogen (secondary N) is 1. The van der Waals surface area contributed by atoms with Gasteiger partial charge in [0.1, 0.15) is 17.1 Å². The quantitative estimate of drug-likeness (QED) is 0.864. The van der Waals surface area contributed by atoms with Crippen molar-refractivity contribution in [3.8, 4) is 11.9 Å². The summed E-state index contributed by atoms with van der Waals surface area (Å²) in [6.45, 7) is 6.39. The summed E-state index contributed by atoms with van der Waals surface area (Å²) in [4.78, 5) is 15.4. The highest BCUT2D eigenvalue weighted by Gasteiger charge is 2.60. The monoisotopic (exact) mass is 349 g/mol. The number of H-pyrrole nitrogens is 1. The van der Waals surface area contributed by atoms with Crippen LogP contribution in [-0.2, 0) is 10.2 Å². The van der Waals surface area contributed by atoms with Crippen molar-refractivity contribution in [1.29, 1.82) is 5.26 Å². The van der Waals surface area contributed by atoms with Gasteiger partial charge in [-0.05, 0) is 18.9 Å². The molecule has 3 N–H and O–H groups in total. The molecule has 132 valence electrons. The number of rotatable bonds is 2. The van der Waals surface area contributed by atoms with Crippen molar-refractivity contribution in [3.63, 3.8) is 0 Å². The van der Waals surface area contributed by atoms with Gasteiger partial charge in [0.25, 0.3) is 0 Å². The maximum absolute atomic E-state index is 13.7. The number of ether oxygens (including phenoxy) is 1. The lowest BCUT2D eigenvalue weighted by atomic mass is 9.68. The fourth-order valence-electron chi connectivity index (χ4n) is 4.05. The Morgan fingerprint density at radius 3 is 2.81 bits per heavy atom. The predicted molar refractivity (Wildman–Crippen MR) is 95.4 cm³/mol. The van der Waals surface area contributed by atoms with Gasteiger partial charge in [0, 0.05) is 23.5 Å². The van der Waals surface area contributed by atoms with E-state index in [9.17, 15) is 10.1 Å². The highest BCUT2D eigenvalue weighted by Crippen LogP contribution is 2.56. The number of hydrogen-bond acceptors (Lipinski definition) is 5. The number of amides is 1. The highest BCUT2D eigenvalue weighted by atomic mass is 16.5. The molecular formula is C19H19N5O2. The van der Waals surface area contributed by atoms with E-state index in [-0.39, 0.29) is 29.2 Å². The Morgan fingerprint density at radius 1 is 1.42 bits per heavy atom. The molecule has 1 spiro atoms. The molecule has 1 amide bonds. The summed E-state index contributed by atoms with van der Waals surface area (Å²) in [7, 11) is 0. The molecule has 3 heterocycles. The van der Waals surface area contributed by atoms with Crippen LogP contribution < -0.4 is 15.4 Å². The molecule has 0 fully saturated rings. The maximum Gasteiger partial charge on any atom is 0.247 e. The van der Waals surface area contributed by atoms with E-state index in [2.05, 4.69) is 16.3 Å². The van der Waals surface area contributed by atoms with Crippen molar-refractivity contribution in [1.82, 2.24) is 10.2 Å². The molecule has 0 saturated heterocycles. The van der Waals surface area contributed by atoms with Crippen molar-refractivity contribution < 1.29 is 9.53 Å². The van der Waals surface area contributed by atoms with Gasteiger partial charge in [-0.1, -0.05) is 32.0 Å². The number of nitrogens with two attached hydrogens (primary N) is 1. The molecule has 4 rings (SSSR count). The lowest BCUT2D eigenvalue weighted by molar-refractivity contribution is -0.120. The second kappa shape index (κ2) is 5.36. The lowest BCUT2D eigenvalue weighted by Gasteiger charge is -2.33. The van der Waals surface area contributed by atoms with E-state index in [1.165, 1.54) is 0 Å². The summed E-state index contributed by atoms with van der Waals surface area (Å²) in [5.74, 6) is 0.0319. The SMILES string of the molecule is CCN1C(=O)[C@]2(C(C#N)=C(N)Oc3n[nH]c(C(C)C)c32)c2ccccc21. The first-order chi connectivity index (χ1) is 12.5. The molecule has 1 aromatic carbocycles. The molecule has 7 nitrogen and oxygen atoms in total. The van der Waals surface area contributed by atoms with E-state index in [1.807, 2.05) is 45.0 Å². The summed E-state index contributed by atoms with van der Waals surface area (Å²) in [5.41, 5.74) is 7.72. The summed E-state index contributed by atoms with van der Waals surface area (Å²) in [6.07, 6.45) is 0. The second-order valence-corrected chi connectivity index (χ2v) is 6.74. The van der Waals surface area contributed by atoms with Gasteiger partial charge in [-0.15, -0.1) is 5.10 Å². The van der Waals surface area contributed by atoms with Crippen molar-refractivity contribution >= 4 is 11.6 Å². The number of likely N-dealkylation sites (N-methyl/N-ethyl adjacent to an activating group) is 1. The molecule has 2 aliphatic heterocycles. The summed E-state index contributed by atoms with van der Waals surface area (Å²) < 4.78 is 5.61. The van der Waals surface area contributed by atoms with E-state index in [1.54, 1.807) is 4.90 Å². The Balaban J connectivity index is 2.18. The molecule has 0 bridgehead atoms. The van der Waals surface area contributed by atoms with Crippen LogP contribution in [0.3, 0.4) is 0 Å². The first-order valence-electron chi connectivity index (χ1n) is 8.56. The third-order valence-electron chi connectivity index (χ3n) is 5.13. The molecule has 2 aliphatic rings. The average Bonchev–Trinajstić information content (AvgIpc) is 3.14. The van der Waals surface area contributed by atoms with Gasteiger partial charge in [0.15, 0.2) is 0 Å². The number of nitriles is 1. The van der Waals surface area contributed by atoms with Crippen molar-refractivity contribution in [3.05, 3.63) is 52.5 Å². The Hall–Kier alpha value is -3.27. The standard InChI is InChI=1S/C19H19N5O2/c1-4-24-13-8-6-5-7-11(13)19(18(24)25)12(9-20)16(21)26-17-14(19)15(10(2)3)22-23-17/h5-8,10H,4,21H2,1-3H3,(H,22,23)/t19-/m0/s1. The molecule has 0 aliphatic carbocycles. The second-order valence-electron chi connectivity index (χ2n) is 6.74. The zero-order chi connectivity index (χ0) is 18.6. The normalized spacial score (nSPS) is 21.0. The number of para-hydroxylation sites is 1. The van der Waals surface area contributed by atoms with Gasteiger partial charge < -0.3 is 15.4 Å². The van der Waals surface area contributed by atoms with Crippen LogP contribution in [0.25, 0.3) is 0 Å². The van der Waals surface area contributed by atoms with Gasteiger partial charge in [-0.2, -0.15) is 5.26 Å². The largest absolute Gasteiger partial charge is 0.420 e. The average molecular weight is 349 g/mol. The summed E-state index contributed by atoms with van der Waals surface area (Å²) >= 11 is 0. The van der Waals surface area contributed by atoms with E-state index >= 15 is 0 Å². The zero-order valence-corrected chi connectivity index (χ0v) is 14.8. The van der Waals surface area contributed by atoms with Gasteiger partial charge >= 0.3 is 0 Å². The number of nitrogens with zero attached hydrogens (tertiary/aromatic N) is 3. The number of carbonyl (C=O) groups excluding carboxylic acids is 1.